The lowest BCUT2D eigenvalue weighted by molar-refractivity contribution is -0.147. The average molecular weight is 299 g/mol. The maximum absolute atomic E-state index is 11.6. The van der Waals surface area contributed by atoms with E-state index < -0.39 is 5.97 Å². The molecule has 0 saturated carbocycles. The molecule has 0 aliphatic carbocycles. The highest BCUT2D eigenvalue weighted by Crippen LogP contribution is 2.23. The Morgan fingerprint density at radius 2 is 1.80 bits per heavy atom. The highest BCUT2D eigenvalue weighted by Gasteiger charge is 2.11. The smallest absolute Gasteiger partial charge is 0.311 e. The van der Waals surface area contributed by atoms with E-state index in [9.17, 15) is 9.59 Å². The molecule has 0 heterocycles. The van der Waals surface area contributed by atoms with Crippen LogP contribution in [0, 0.1) is 0 Å². The summed E-state index contributed by atoms with van der Waals surface area (Å²) in [4.78, 5) is 22.9. The summed E-state index contributed by atoms with van der Waals surface area (Å²) in [7, 11) is 0. The van der Waals surface area contributed by atoms with Gasteiger partial charge in [-0.2, -0.15) is 0 Å². The van der Waals surface area contributed by atoms with Crippen LogP contribution in [0.3, 0.4) is 0 Å². The zero-order valence-electron chi connectivity index (χ0n) is 11.6. The molecule has 0 unspecified atom stereocenters. The molecule has 0 spiro atoms. The molecule has 4 nitrogen and oxygen atoms in total. The van der Waals surface area contributed by atoms with Crippen molar-refractivity contribution < 1.29 is 19.1 Å². The van der Waals surface area contributed by atoms with Crippen LogP contribution >= 0.6 is 11.6 Å². The number of para-hydroxylation sites is 1. The number of hydrogen-bond donors (Lipinski definition) is 0. The van der Waals surface area contributed by atoms with Crippen LogP contribution in [0.1, 0.15) is 39.0 Å². The van der Waals surface area contributed by atoms with E-state index in [-0.39, 0.29) is 18.8 Å². The molecule has 0 radical (unpaired) electrons. The Bertz CT molecular complexity index is 445. The van der Waals surface area contributed by atoms with Crippen LogP contribution in [0.5, 0.6) is 5.75 Å². The lowest BCUT2D eigenvalue weighted by Crippen LogP contribution is -2.13. The zero-order valence-corrected chi connectivity index (χ0v) is 12.3. The van der Waals surface area contributed by atoms with Gasteiger partial charge in [0.25, 0.3) is 0 Å². The third kappa shape index (κ3) is 6.57. The first-order chi connectivity index (χ1) is 9.63. The van der Waals surface area contributed by atoms with Gasteiger partial charge in [-0.1, -0.05) is 43.5 Å². The average Bonchev–Trinajstić information content (AvgIpc) is 2.44. The van der Waals surface area contributed by atoms with E-state index in [4.69, 9.17) is 21.1 Å². The van der Waals surface area contributed by atoms with E-state index in [2.05, 4.69) is 6.92 Å². The standard InChI is InChI=1S/C15H19ClO4/c1-2-3-6-11-19-14(17)9-10-15(18)20-13-8-5-4-7-12(13)16/h4-5,7-8H,2-3,6,9-11H2,1H3. The molecule has 0 amide bonds. The second-order valence-electron chi connectivity index (χ2n) is 4.33. The van der Waals surface area contributed by atoms with Crippen LogP contribution in [0.15, 0.2) is 24.3 Å². The minimum absolute atomic E-state index is 0.0160. The maximum atomic E-state index is 11.6. The van der Waals surface area contributed by atoms with E-state index in [0.29, 0.717) is 17.4 Å². The Morgan fingerprint density at radius 3 is 2.50 bits per heavy atom. The molecule has 1 rings (SSSR count). The molecule has 110 valence electrons. The Morgan fingerprint density at radius 1 is 1.10 bits per heavy atom. The molecule has 0 aliphatic heterocycles. The molecule has 0 N–H and O–H groups in total. The lowest BCUT2D eigenvalue weighted by Gasteiger charge is -2.06. The SMILES string of the molecule is CCCCCOC(=O)CCC(=O)Oc1ccccc1Cl. The zero-order chi connectivity index (χ0) is 14.8. The second-order valence-corrected chi connectivity index (χ2v) is 4.74. The first-order valence-corrected chi connectivity index (χ1v) is 7.12. The fourth-order valence-electron chi connectivity index (χ4n) is 1.52. The largest absolute Gasteiger partial charge is 0.466 e. The van der Waals surface area contributed by atoms with Gasteiger partial charge in [0.2, 0.25) is 0 Å². The van der Waals surface area contributed by atoms with Crippen LogP contribution in [-0.2, 0) is 14.3 Å². The van der Waals surface area contributed by atoms with E-state index in [1.165, 1.54) is 0 Å². The Kier molecular flexibility index (Phi) is 7.73. The summed E-state index contributed by atoms with van der Waals surface area (Å²) in [6.45, 7) is 2.48. The number of hydrogen-bond acceptors (Lipinski definition) is 4. The number of esters is 2. The lowest BCUT2D eigenvalue weighted by atomic mass is 10.3. The molecular formula is C15H19ClO4. The van der Waals surface area contributed by atoms with Crippen molar-refractivity contribution in [1.29, 1.82) is 0 Å². The van der Waals surface area contributed by atoms with Crippen LogP contribution in [0.25, 0.3) is 0 Å². The van der Waals surface area contributed by atoms with Crippen LogP contribution < -0.4 is 4.74 Å². The summed E-state index contributed by atoms with van der Waals surface area (Å²) in [6.07, 6.45) is 2.96. The predicted molar refractivity (Wildman–Crippen MR) is 76.8 cm³/mol. The number of halogens is 1. The summed E-state index contributed by atoms with van der Waals surface area (Å²) in [5.74, 6) is -0.573. The van der Waals surface area contributed by atoms with Gasteiger partial charge in [0.15, 0.2) is 0 Å². The molecule has 0 aromatic heterocycles. The van der Waals surface area contributed by atoms with Gasteiger partial charge in [-0.05, 0) is 18.6 Å². The third-order valence-electron chi connectivity index (χ3n) is 2.60. The van der Waals surface area contributed by atoms with Gasteiger partial charge < -0.3 is 9.47 Å². The molecule has 0 saturated heterocycles. The molecular weight excluding hydrogens is 280 g/mol. The molecule has 0 atom stereocenters. The van der Waals surface area contributed by atoms with Gasteiger partial charge in [0.05, 0.1) is 24.5 Å². The van der Waals surface area contributed by atoms with Crippen molar-refractivity contribution in [2.75, 3.05) is 6.61 Å². The molecule has 1 aromatic rings. The number of rotatable bonds is 8. The van der Waals surface area contributed by atoms with Crippen molar-refractivity contribution in [2.24, 2.45) is 0 Å². The molecule has 1 aromatic carbocycles. The molecule has 20 heavy (non-hydrogen) atoms. The normalized spacial score (nSPS) is 10.1. The van der Waals surface area contributed by atoms with Gasteiger partial charge in [0, 0.05) is 0 Å². The van der Waals surface area contributed by atoms with Crippen molar-refractivity contribution in [3.8, 4) is 5.75 Å². The maximum Gasteiger partial charge on any atom is 0.311 e. The highest BCUT2D eigenvalue weighted by atomic mass is 35.5. The summed E-state index contributed by atoms with van der Waals surface area (Å²) in [6, 6.07) is 6.69. The number of carbonyl (C=O) groups excluding carboxylic acids is 2. The fourth-order valence-corrected chi connectivity index (χ4v) is 1.69. The Labute approximate surface area is 124 Å². The van der Waals surface area contributed by atoms with Crippen molar-refractivity contribution in [3.05, 3.63) is 29.3 Å². The fraction of sp³-hybridized carbons (Fsp3) is 0.467. The minimum atomic E-state index is -0.497. The topological polar surface area (TPSA) is 52.6 Å². The minimum Gasteiger partial charge on any atom is -0.466 e. The number of carbonyl (C=O) groups is 2. The van der Waals surface area contributed by atoms with Crippen molar-refractivity contribution in [2.45, 2.75) is 39.0 Å². The van der Waals surface area contributed by atoms with Gasteiger partial charge in [-0.25, -0.2) is 0 Å². The third-order valence-corrected chi connectivity index (χ3v) is 2.92. The first-order valence-electron chi connectivity index (χ1n) is 6.74. The molecule has 0 aliphatic rings. The van der Waals surface area contributed by atoms with E-state index in [0.717, 1.165) is 19.3 Å². The van der Waals surface area contributed by atoms with E-state index >= 15 is 0 Å². The quantitative estimate of drug-likeness (QED) is 0.416. The number of benzene rings is 1. The highest BCUT2D eigenvalue weighted by molar-refractivity contribution is 6.32. The van der Waals surface area contributed by atoms with Crippen molar-refractivity contribution in [3.63, 3.8) is 0 Å². The monoisotopic (exact) mass is 298 g/mol. The van der Waals surface area contributed by atoms with Gasteiger partial charge in [-0.3, -0.25) is 9.59 Å². The second kappa shape index (κ2) is 9.37. The molecule has 0 fully saturated rings. The van der Waals surface area contributed by atoms with Crippen molar-refractivity contribution in [1.82, 2.24) is 0 Å². The summed E-state index contributed by atoms with van der Waals surface area (Å²) in [5.41, 5.74) is 0. The summed E-state index contributed by atoms with van der Waals surface area (Å²) < 4.78 is 10.1. The Hall–Kier alpha value is -1.55. The molecule has 0 bridgehead atoms. The van der Waals surface area contributed by atoms with Gasteiger partial charge in [0.1, 0.15) is 5.75 Å². The molecule has 5 heteroatoms. The van der Waals surface area contributed by atoms with Crippen LogP contribution in [0.2, 0.25) is 5.02 Å². The summed E-state index contributed by atoms with van der Waals surface area (Å²) >= 11 is 5.86. The van der Waals surface area contributed by atoms with Crippen LogP contribution in [-0.4, -0.2) is 18.5 Å². The number of unbranched alkanes of at least 4 members (excludes halogenated alkanes) is 2. The van der Waals surface area contributed by atoms with Gasteiger partial charge in [-0.15, -0.1) is 0 Å². The van der Waals surface area contributed by atoms with E-state index in [1.54, 1.807) is 24.3 Å². The van der Waals surface area contributed by atoms with Crippen LogP contribution in [0.4, 0.5) is 0 Å². The predicted octanol–water partition coefficient (Wildman–Crippen LogP) is 3.76. The van der Waals surface area contributed by atoms with E-state index in [1.807, 2.05) is 0 Å². The number of ether oxygens (including phenoxy) is 2. The Balaban J connectivity index is 2.23. The first kappa shape index (κ1) is 16.5. The van der Waals surface area contributed by atoms with Gasteiger partial charge >= 0.3 is 11.9 Å². The summed E-state index contributed by atoms with van der Waals surface area (Å²) in [5, 5.41) is 0.364. The van der Waals surface area contributed by atoms with Crippen molar-refractivity contribution >= 4 is 23.5 Å².